The molecule has 0 spiro atoms. The fourth-order valence-corrected chi connectivity index (χ4v) is 3.87. The highest BCUT2D eigenvalue weighted by Crippen LogP contribution is 2.44. The Hall–Kier alpha value is -1.31. The van der Waals surface area contributed by atoms with Gasteiger partial charge < -0.3 is 14.9 Å². The summed E-state index contributed by atoms with van der Waals surface area (Å²) in [5, 5.41) is 18.7. The van der Waals surface area contributed by atoms with E-state index >= 15 is 0 Å². The largest absolute Gasteiger partial charge is 0.481 e. The Morgan fingerprint density at radius 3 is 2.80 bits per heavy atom. The number of aliphatic hydroxyl groups excluding tert-OH is 1. The standard InChI is InChI=1S/C21H32O4/c1-2-3-6-9-16(22)12-13-18-17(19-14-15-20(18)25-19)10-7-4-5-8-11-21(23)24/h4,7,16-20,22H,2-3,5-6,8-11,14-15H2,1H3,(H,23,24)/t16?,17-,18+,19-,20+/m1/s1. The van der Waals surface area contributed by atoms with Gasteiger partial charge in [0.25, 0.3) is 0 Å². The fourth-order valence-electron chi connectivity index (χ4n) is 3.87. The van der Waals surface area contributed by atoms with Crippen molar-refractivity contribution in [1.29, 1.82) is 0 Å². The third-order valence-corrected chi connectivity index (χ3v) is 5.26. The summed E-state index contributed by atoms with van der Waals surface area (Å²) in [6.45, 7) is 2.16. The molecule has 2 N–H and O–H groups in total. The summed E-state index contributed by atoms with van der Waals surface area (Å²) in [5.74, 6) is 6.28. The van der Waals surface area contributed by atoms with Crippen molar-refractivity contribution in [2.24, 2.45) is 11.8 Å². The SMILES string of the molecule is CCCCCC(O)C#C[C@H]1[C@@H](CC=CCCCC(=O)O)[C@H]2CC[C@@H]1O2. The average molecular weight is 348 g/mol. The first kappa shape index (κ1) is 20.0. The Bertz CT molecular complexity index is 502. The van der Waals surface area contributed by atoms with Crippen LogP contribution in [0.5, 0.6) is 0 Å². The molecule has 140 valence electrons. The lowest BCUT2D eigenvalue weighted by atomic mass is 9.77. The van der Waals surface area contributed by atoms with Crippen molar-refractivity contribution in [2.75, 3.05) is 0 Å². The van der Waals surface area contributed by atoms with Gasteiger partial charge in [0.2, 0.25) is 0 Å². The molecule has 0 aliphatic carbocycles. The average Bonchev–Trinajstić information content (AvgIpc) is 3.17. The van der Waals surface area contributed by atoms with Crippen LogP contribution in [0.4, 0.5) is 0 Å². The number of hydrogen-bond acceptors (Lipinski definition) is 3. The number of carbonyl (C=O) groups is 1. The van der Waals surface area contributed by atoms with Gasteiger partial charge in [0.15, 0.2) is 0 Å². The highest BCUT2D eigenvalue weighted by molar-refractivity contribution is 5.66. The van der Waals surface area contributed by atoms with Gasteiger partial charge in [0, 0.05) is 12.3 Å². The Balaban J connectivity index is 1.80. The summed E-state index contributed by atoms with van der Waals surface area (Å²) < 4.78 is 6.04. The third kappa shape index (κ3) is 6.49. The lowest BCUT2D eigenvalue weighted by molar-refractivity contribution is -0.137. The summed E-state index contributed by atoms with van der Waals surface area (Å²) in [6.07, 6.45) is 13.2. The van der Waals surface area contributed by atoms with Crippen molar-refractivity contribution in [3.05, 3.63) is 12.2 Å². The number of rotatable bonds is 10. The zero-order valence-corrected chi connectivity index (χ0v) is 15.3. The van der Waals surface area contributed by atoms with E-state index in [4.69, 9.17) is 9.84 Å². The maximum absolute atomic E-state index is 10.5. The van der Waals surface area contributed by atoms with Crippen LogP contribution in [0, 0.1) is 23.7 Å². The number of fused-ring (bicyclic) bond motifs is 2. The van der Waals surface area contributed by atoms with Gasteiger partial charge in [-0.2, -0.15) is 0 Å². The van der Waals surface area contributed by atoms with Gasteiger partial charge in [-0.15, -0.1) is 0 Å². The van der Waals surface area contributed by atoms with Gasteiger partial charge >= 0.3 is 5.97 Å². The predicted molar refractivity (Wildman–Crippen MR) is 98.0 cm³/mol. The van der Waals surface area contributed by atoms with E-state index in [9.17, 15) is 9.90 Å². The van der Waals surface area contributed by atoms with Crippen LogP contribution >= 0.6 is 0 Å². The molecule has 0 radical (unpaired) electrons. The molecule has 2 bridgehead atoms. The summed E-state index contributed by atoms with van der Waals surface area (Å²) in [4.78, 5) is 10.5. The molecule has 5 atom stereocenters. The van der Waals surface area contributed by atoms with Gasteiger partial charge in [-0.3, -0.25) is 4.79 Å². The first-order valence-electron chi connectivity index (χ1n) is 9.83. The van der Waals surface area contributed by atoms with Crippen LogP contribution in [0.25, 0.3) is 0 Å². The zero-order chi connectivity index (χ0) is 18.1. The van der Waals surface area contributed by atoms with E-state index in [1.165, 1.54) is 0 Å². The van der Waals surface area contributed by atoms with Crippen molar-refractivity contribution >= 4 is 5.97 Å². The van der Waals surface area contributed by atoms with Crippen molar-refractivity contribution in [1.82, 2.24) is 0 Å². The molecule has 0 amide bonds. The molecule has 2 aliphatic heterocycles. The van der Waals surface area contributed by atoms with Crippen molar-refractivity contribution < 1.29 is 19.7 Å². The number of unbranched alkanes of at least 4 members (excludes halogenated alkanes) is 3. The quantitative estimate of drug-likeness (QED) is 0.357. The van der Waals surface area contributed by atoms with E-state index in [0.29, 0.717) is 18.4 Å². The van der Waals surface area contributed by atoms with Gasteiger partial charge in [-0.1, -0.05) is 43.8 Å². The maximum atomic E-state index is 10.5. The topological polar surface area (TPSA) is 66.8 Å². The van der Waals surface area contributed by atoms with Crippen molar-refractivity contribution in [3.63, 3.8) is 0 Å². The van der Waals surface area contributed by atoms with Crippen LogP contribution in [0.3, 0.4) is 0 Å². The van der Waals surface area contributed by atoms with E-state index < -0.39 is 12.1 Å². The molecule has 1 unspecified atom stereocenters. The van der Waals surface area contributed by atoms with Crippen LogP contribution < -0.4 is 0 Å². The molecule has 0 aromatic rings. The molecular weight excluding hydrogens is 316 g/mol. The number of aliphatic carboxylic acids is 1. The smallest absolute Gasteiger partial charge is 0.303 e. The van der Waals surface area contributed by atoms with E-state index in [1.807, 2.05) is 0 Å². The molecule has 25 heavy (non-hydrogen) atoms. The summed E-state index contributed by atoms with van der Waals surface area (Å²) in [7, 11) is 0. The fraction of sp³-hybridized carbons (Fsp3) is 0.762. The number of ether oxygens (including phenoxy) is 1. The molecule has 0 saturated carbocycles. The molecule has 2 fully saturated rings. The molecule has 0 aromatic heterocycles. The number of allylic oxidation sites excluding steroid dienone is 2. The van der Waals surface area contributed by atoms with E-state index in [0.717, 1.165) is 51.4 Å². The molecule has 2 heterocycles. The Kier molecular flexibility index (Phi) is 8.51. The second-order valence-corrected chi connectivity index (χ2v) is 7.27. The van der Waals surface area contributed by atoms with Crippen LogP contribution in [0.15, 0.2) is 12.2 Å². The molecule has 2 aliphatic rings. The lowest BCUT2D eigenvalue weighted by Gasteiger charge is -2.23. The maximum Gasteiger partial charge on any atom is 0.303 e. The van der Waals surface area contributed by atoms with Gasteiger partial charge in [-0.25, -0.2) is 0 Å². The van der Waals surface area contributed by atoms with Crippen LogP contribution in [0.2, 0.25) is 0 Å². The lowest BCUT2D eigenvalue weighted by Crippen LogP contribution is -2.26. The third-order valence-electron chi connectivity index (χ3n) is 5.26. The molecule has 0 aromatic carbocycles. The van der Waals surface area contributed by atoms with Crippen LogP contribution in [-0.2, 0) is 9.53 Å². The minimum absolute atomic E-state index is 0.225. The molecule has 2 saturated heterocycles. The summed E-state index contributed by atoms with van der Waals surface area (Å²) in [5.41, 5.74) is 0. The van der Waals surface area contributed by atoms with E-state index in [1.54, 1.807) is 0 Å². The Morgan fingerprint density at radius 2 is 2.04 bits per heavy atom. The van der Waals surface area contributed by atoms with E-state index in [2.05, 4.69) is 30.9 Å². The highest BCUT2D eigenvalue weighted by Gasteiger charge is 2.47. The molecule has 2 rings (SSSR count). The van der Waals surface area contributed by atoms with Gasteiger partial charge in [0.05, 0.1) is 18.1 Å². The Labute approximate surface area is 151 Å². The molecule has 4 nitrogen and oxygen atoms in total. The summed E-state index contributed by atoms with van der Waals surface area (Å²) >= 11 is 0. The predicted octanol–water partition coefficient (Wildman–Crippen LogP) is 3.93. The van der Waals surface area contributed by atoms with Crippen LogP contribution in [-0.4, -0.2) is 34.5 Å². The van der Waals surface area contributed by atoms with Crippen LogP contribution in [0.1, 0.15) is 71.1 Å². The van der Waals surface area contributed by atoms with Crippen molar-refractivity contribution in [3.8, 4) is 11.8 Å². The number of carboxylic acid groups (broad SMARTS) is 1. The van der Waals surface area contributed by atoms with Crippen molar-refractivity contribution in [2.45, 2.75) is 89.4 Å². The Morgan fingerprint density at radius 1 is 1.24 bits per heavy atom. The van der Waals surface area contributed by atoms with Gasteiger partial charge in [0.1, 0.15) is 6.10 Å². The number of hydrogen-bond donors (Lipinski definition) is 2. The number of aliphatic hydroxyl groups is 1. The number of carboxylic acids is 1. The second kappa shape index (κ2) is 10.6. The normalized spacial score (nSPS) is 28.9. The monoisotopic (exact) mass is 348 g/mol. The minimum Gasteiger partial charge on any atom is -0.481 e. The van der Waals surface area contributed by atoms with Gasteiger partial charge in [-0.05, 0) is 44.9 Å². The van der Waals surface area contributed by atoms with E-state index in [-0.39, 0.29) is 18.4 Å². The summed E-state index contributed by atoms with van der Waals surface area (Å²) in [6, 6.07) is 0. The highest BCUT2D eigenvalue weighted by atomic mass is 16.5. The first-order chi connectivity index (χ1) is 12.1. The molecular formula is C21H32O4. The minimum atomic E-state index is -0.734. The zero-order valence-electron chi connectivity index (χ0n) is 15.3. The first-order valence-corrected chi connectivity index (χ1v) is 9.83. The second-order valence-electron chi connectivity index (χ2n) is 7.27. The molecule has 4 heteroatoms.